The second-order valence-corrected chi connectivity index (χ2v) is 10.4. The van der Waals surface area contributed by atoms with Gasteiger partial charge in [-0.2, -0.15) is 4.31 Å². The van der Waals surface area contributed by atoms with Crippen molar-refractivity contribution in [1.29, 1.82) is 0 Å². The van der Waals surface area contributed by atoms with Crippen molar-refractivity contribution >= 4 is 27.4 Å². The summed E-state index contributed by atoms with van der Waals surface area (Å²) in [7, 11) is -3.69. The number of nitrogens with zero attached hydrogens (tertiary/aromatic N) is 2. The Morgan fingerprint density at radius 2 is 1.74 bits per heavy atom. The zero-order valence-electron chi connectivity index (χ0n) is 18.0. The SMILES string of the molecule is CC(=O)c1cccc(S(=O)(=O)N2CCC(C(=O)N3CCCc4cc(C)ccc43)CC2)c1. The van der Waals surface area contributed by atoms with Crippen LogP contribution in [0.4, 0.5) is 5.69 Å². The molecular weight excluding hydrogens is 412 g/mol. The fraction of sp³-hybridized carbons (Fsp3) is 0.417. The number of carbonyl (C=O) groups excluding carboxylic acids is 2. The fourth-order valence-electron chi connectivity index (χ4n) is 4.54. The van der Waals surface area contributed by atoms with Crippen LogP contribution in [0.15, 0.2) is 47.4 Å². The molecular formula is C24H28N2O4S. The minimum Gasteiger partial charge on any atom is -0.312 e. The Balaban J connectivity index is 1.46. The molecule has 2 aromatic rings. The Morgan fingerprint density at radius 3 is 2.45 bits per heavy atom. The van der Waals surface area contributed by atoms with Crippen LogP contribution in [0.5, 0.6) is 0 Å². The van der Waals surface area contributed by atoms with Gasteiger partial charge in [-0.3, -0.25) is 9.59 Å². The van der Waals surface area contributed by atoms with Crippen molar-refractivity contribution in [2.75, 3.05) is 24.5 Å². The lowest BCUT2D eigenvalue weighted by molar-refractivity contribution is -0.123. The number of sulfonamides is 1. The van der Waals surface area contributed by atoms with Crippen LogP contribution in [0, 0.1) is 12.8 Å². The Kier molecular flexibility index (Phi) is 5.99. The van der Waals surface area contributed by atoms with Crippen molar-refractivity contribution in [1.82, 2.24) is 4.31 Å². The normalized spacial score (nSPS) is 17.9. The van der Waals surface area contributed by atoms with Gasteiger partial charge in [0.1, 0.15) is 0 Å². The predicted octanol–water partition coefficient (Wildman–Crippen LogP) is 3.58. The van der Waals surface area contributed by atoms with E-state index in [-0.39, 0.29) is 22.5 Å². The van der Waals surface area contributed by atoms with E-state index in [2.05, 4.69) is 13.0 Å². The lowest BCUT2D eigenvalue weighted by atomic mass is 9.93. The van der Waals surface area contributed by atoms with E-state index >= 15 is 0 Å². The van der Waals surface area contributed by atoms with Crippen LogP contribution >= 0.6 is 0 Å². The molecule has 0 spiro atoms. The Morgan fingerprint density at radius 1 is 1.00 bits per heavy atom. The summed E-state index contributed by atoms with van der Waals surface area (Å²) in [6, 6.07) is 12.4. The third-order valence-electron chi connectivity index (χ3n) is 6.30. The molecule has 2 heterocycles. The highest BCUT2D eigenvalue weighted by molar-refractivity contribution is 7.89. The number of piperidine rings is 1. The number of hydrogen-bond acceptors (Lipinski definition) is 4. The number of hydrogen-bond donors (Lipinski definition) is 0. The average molecular weight is 441 g/mol. The predicted molar refractivity (Wildman–Crippen MR) is 120 cm³/mol. The summed E-state index contributed by atoms with van der Waals surface area (Å²) < 4.78 is 27.5. The summed E-state index contributed by atoms with van der Waals surface area (Å²) in [5.74, 6) is -0.249. The summed E-state index contributed by atoms with van der Waals surface area (Å²) in [4.78, 5) is 26.9. The number of aryl methyl sites for hydroxylation is 2. The van der Waals surface area contributed by atoms with Gasteiger partial charge in [0.15, 0.2) is 5.78 Å². The first-order valence-corrected chi connectivity index (χ1v) is 12.2. The van der Waals surface area contributed by atoms with Crippen molar-refractivity contribution in [3.63, 3.8) is 0 Å². The topological polar surface area (TPSA) is 74.8 Å². The fourth-order valence-corrected chi connectivity index (χ4v) is 6.06. The molecule has 0 saturated carbocycles. The van der Waals surface area contributed by atoms with Gasteiger partial charge in [0.25, 0.3) is 0 Å². The van der Waals surface area contributed by atoms with Gasteiger partial charge in [0.05, 0.1) is 4.90 Å². The van der Waals surface area contributed by atoms with Crippen molar-refractivity contribution in [3.8, 4) is 0 Å². The van der Waals surface area contributed by atoms with E-state index in [1.165, 1.54) is 34.5 Å². The van der Waals surface area contributed by atoms with E-state index in [1.54, 1.807) is 12.1 Å². The van der Waals surface area contributed by atoms with Gasteiger partial charge in [-0.05, 0) is 63.3 Å². The maximum absolute atomic E-state index is 13.3. The standard InChI is InChI=1S/C24H28N2O4S/c1-17-8-9-23-21(15-17)6-4-12-26(23)24(28)19-10-13-25(14-11-19)31(29,30)22-7-3-5-20(16-22)18(2)27/h3,5,7-9,15-16,19H,4,6,10-14H2,1-2H3. The molecule has 1 amide bonds. The summed E-state index contributed by atoms with van der Waals surface area (Å²) in [6.45, 7) is 4.80. The molecule has 164 valence electrons. The van der Waals surface area contributed by atoms with E-state index in [1.807, 2.05) is 17.0 Å². The summed E-state index contributed by atoms with van der Waals surface area (Å²) in [5.41, 5.74) is 3.79. The highest BCUT2D eigenvalue weighted by atomic mass is 32.2. The number of Topliss-reactive ketones (excluding diaryl/α,β-unsaturated/α-hetero) is 1. The quantitative estimate of drug-likeness (QED) is 0.681. The molecule has 0 radical (unpaired) electrons. The number of anilines is 1. The molecule has 4 rings (SSSR count). The van der Waals surface area contributed by atoms with Crippen molar-refractivity contribution in [2.45, 2.75) is 44.4 Å². The molecule has 0 aromatic heterocycles. The van der Waals surface area contributed by atoms with E-state index in [0.29, 0.717) is 38.0 Å². The molecule has 2 aromatic carbocycles. The second kappa shape index (κ2) is 8.55. The van der Waals surface area contributed by atoms with Gasteiger partial charge in [0, 0.05) is 36.8 Å². The average Bonchev–Trinajstić information content (AvgIpc) is 2.78. The number of benzene rings is 2. The number of fused-ring (bicyclic) bond motifs is 1. The van der Waals surface area contributed by atoms with Crippen molar-refractivity contribution in [3.05, 3.63) is 59.2 Å². The molecule has 2 aliphatic rings. The maximum Gasteiger partial charge on any atom is 0.243 e. The highest BCUT2D eigenvalue weighted by Gasteiger charge is 2.35. The Labute approximate surface area is 183 Å². The smallest absolute Gasteiger partial charge is 0.243 e. The number of carbonyl (C=O) groups is 2. The van der Waals surface area contributed by atoms with E-state index in [9.17, 15) is 18.0 Å². The van der Waals surface area contributed by atoms with Gasteiger partial charge in [-0.1, -0.05) is 29.8 Å². The Bertz CT molecular complexity index is 1120. The highest BCUT2D eigenvalue weighted by Crippen LogP contribution is 2.32. The van der Waals surface area contributed by atoms with Crippen LogP contribution in [0.3, 0.4) is 0 Å². The van der Waals surface area contributed by atoms with Crippen LogP contribution in [0.1, 0.15) is 47.7 Å². The third kappa shape index (κ3) is 4.29. The minimum atomic E-state index is -3.69. The first-order valence-electron chi connectivity index (χ1n) is 10.8. The van der Waals surface area contributed by atoms with Crippen LogP contribution in [-0.2, 0) is 21.2 Å². The minimum absolute atomic E-state index is 0.0976. The number of amides is 1. The van der Waals surface area contributed by atoms with Crippen LogP contribution in [-0.4, -0.2) is 44.0 Å². The molecule has 1 fully saturated rings. The van der Waals surface area contributed by atoms with Crippen LogP contribution < -0.4 is 4.90 Å². The van der Waals surface area contributed by atoms with E-state index in [0.717, 1.165) is 18.5 Å². The van der Waals surface area contributed by atoms with Crippen molar-refractivity contribution < 1.29 is 18.0 Å². The zero-order valence-corrected chi connectivity index (χ0v) is 18.8. The number of rotatable bonds is 4. The van der Waals surface area contributed by atoms with Gasteiger partial charge in [-0.25, -0.2) is 8.42 Å². The molecule has 7 heteroatoms. The van der Waals surface area contributed by atoms with Crippen LogP contribution in [0.2, 0.25) is 0 Å². The second-order valence-electron chi connectivity index (χ2n) is 8.49. The zero-order chi connectivity index (χ0) is 22.2. The summed E-state index contributed by atoms with van der Waals surface area (Å²) in [5, 5.41) is 0. The summed E-state index contributed by atoms with van der Waals surface area (Å²) >= 11 is 0. The lowest BCUT2D eigenvalue weighted by Gasteiger charge is -2.36. The first-order chi connectivity index (χ1) is 14.8. The van der Waals surface area contributed by atoms with Gasteiger partial charge < -0.3 is 4.90 Å². The molecule has 0 aliphatic carbocycles. The molecule has 31 heavy (non-hydrogen) atoms. The number of ketones is 1. The molecule has 1 saturated heterocycles. The Hall–Kier alpha value is -2.51. The largest absolute Gasteiger partial charge is 0.312 e. The molecule has 0 unspecified atom stereocenters. The molecule has 6 nitrogen and oxygen atoms in total. The monoisotopic (exact) mass is 440 g/mol. The molecule has 0 atom stereocenters. The molecule has 0 bridgehead atoms. The van der Waals surface area contributed by atoms with E-state index in [4.69, 9.17) is 0 Å². The lowest BCUT2D eigenvalue weighted by Crippen LogP contribution is -2.45. The van der Waals surface area contributed by atoms with Gasteiger partial charge in [-0.15, -0.1) is 0 Å². The molecule has 0 N–H and O–H groups in total. The first kappa shape index (κ1) is 21.7. The van der Waals surface area contributed by atoms with Gasteiger partial charge >= 0.3 is 0 Å². The van der Waals surface area contributed by atoms with Crippen LogP contribution in [0.25, 0.3) is 0 Å². The molecule has 2 aliphatic heterocycles. The van der Waals surface area contributed by atoms with E-state index < -0.39 is 10.0 Å². The maximum atomic E-state index is 13.3. The third-order valence-corrected chi connectivity index (χ3v) is 8.20. The van der Waals surface area contributed by atoms with Crippen molar-refractivity contribution in [2.24, 2.45) is 5.92 Å². The van der Waals surface area contributed by atoms with Gasteiger partial charge in [0.2, 0.25) is 15.9 Å². The summed E-state index contributed by atoms with van der Waals surface area (Å²) in [6.07, 6.45) is 2.93.